The van der Waals surface area contributed by atoms with Crippen LogP contribution in [0.3, 0.4) is 0 Å². The Morgan fingerprint density at radius 2 is 2.00 bits per heavy atom. The Hall–Kier alpha value is -2.53. The number of amides is 1. The van der Waals surface area contributed by atoms with Gasteiger partial charge in [0.25, 0.3) is 5.91 Å². The van der Waals surface area contributed by atoms with Gasteiger partial charge in [0.15, 0.2) is 0 Å². The van der Waals surface area contributed by atoms with Crippen molar-refractivity contribution in [1.29, 1.82) is 0 Å². The van der Waals surface area contributed by atoms with E-state index in [-0.39, 0.29) is 18.0 Å². The molecule has 0 bridgehead atoms. The van der Waals surface area contributed by atoms with Gasteiger partial charge in [0.1, 0.15) is 11.3 Å². The third-order valence-corrected chi connectivity index (χ3v) is 3.37. The molecule has 110 valence electrons. The topological polar surface area (TPSA) is 54.9 Å². The average molecular weight is 316 g/mol. The second-order valence-electron chi connectivity index (χ2n) is 4.72. The maximum absolute atomic E-state index is 14.0. The molecule has 0 spiro atoms. The number of nitrogens with one attached hydrogen (secondary N) is 1. The van der Waals surface area contributed by atoms with E-state index < -0.39 is 5.82 Å². The minimum atomic E-state index is -0.442. The number of benzene rings is 1. The summed E-state index contributed by atoms with van der Waals surface area (Å²) in [5.74, 6) is -0.686. The Bertz CT molecular complexity index is 839. The predicted molar refractivity (Wildman–Crippen MR) is 82.1 cm³/mol. The van der Waals surface area contributed by atoms with Gasteiger partial charge in [-0.2, -0.15) is 0 Å². The Kier molecular flexibility index (Phi) is 3.98. The SMILES string of the molecule is O=C(NCc1cc(F)c2ncc(Cl)cc2c1)c1ccncc1. The molecule has 6 heteroatoms. The molecule has 0 saturated heterocycles. The summed E-state index contributed by atoms with van der Waals surface area (Å²) in [4.78, 5) is 19.8. The highest BCUT2D eigenvalue weighted by atomic mass is 35.5. The number of hydrogen-bond acceptors (Lipinski definition) is 3. The number of carbonyl (C=O) groups is 1. The lowest BCUT2D eigenvalue weighted by molar-refractivity contribution is 0.0950. The monoisotopic (exact) mass is 315 g/mol. The summed E-state index contributed by atoms with van der Waals surface area (Å²) in [6.07, 6.45) is 4.48. The van der Waals surface area contributed by atoms with Crippen molar-refractivity contribution in [2.24, 2.45) is 0 Å². The molecule has 0 aliphatic rings. The first kappa shape index (κ1) is 14.4. The van der Waals surface area contributed by atoms with Crippen LogP contribution in [-0.2, 0) is 6.54 Å². The maximum Gasteiger partial charge on any atom is 0.251 e. The smallest absolute Gasteiger partial charge is 0.251 e. The third kappa shape index (κ3) is 3.04. The van der Waals surface area contributed by atoms with Gasteiger partial charge >= 0.3 is 0 Å². The zero-order chi connectivity index (χ0) is 15.5. The molecular weight excluding hydrogens is 305 g/mol. The Labute approximate surface area is 131 Å². The summed E-state index contributed by atoms with van der Waals surface area (Å²) >= 11 is 5.87. The van der Waals surface area contributed by atoms with E-state index in [0.29, 0.717) is 21.5 Å². The van der Waals surface area contributed by atoms with Gasteiger partial charge in [-0.05, 0) is 35.9 Å². The second-order valence-corrected chi connectivity index (χ2v) is 5.16. The highest BCUT2D eigenvalue weighted by molar-refractivity contribution is 6.31. The molecule has 4 nitrogen and oxygen atoms in total. The van der Waals surface area contributed by atoms with Gasteiger partial charge in [0.2, 0.25) is 0 Å². The zero-order valence-corrected chi connectivity index (χ0v) is 12.1. The number of rotatable bonds is 3. The van der Waals surface area contributed by atoms with Crippen LogP contribution in [0.2, 0.25) is 5.02 Å². The third-order valence-electron chi connectivity index (χ3n) is 3.16. The number of nitrogens with zero attached hydrogens (tertiary/aromatic N) is 2. The van der Waals surface area contributed by atoms with Crippen molar-refractivity contribution >= 4 is 28.4 Å². The molecule has 1 amide bonds. The lowest BCUT2D eigenvalue weighted by Crippen LogP contribution is -2.22. The van der Waals surface area contributed by atoms with Crippen LogP contribution in [0, 0.1) is 5.82 Å². The summed E-state index contributed by atoms with van der Waals surface area (Å²) in [6.45, 7) is 0.209. The first-order chi connectivity index (χ1) is 10.6. The van der Waals surface area contributed by atoms with Gasteiger partial charge in [-0.3, -0.25) is 14.8 Å². The largest absolute Gasteiger partial charge is 0.348 e. The summed E-state index contributed by atoms with van der Waals surface area (Å²) in [5.41, 5.74) is 1.39. The molecule has 22 heavy (non-hydrogen) atoms. The lowest BCUT2D eigenvalue weighted by atomic mass is 10.1. The maximum atomic E-state index is 14.0. The van der Waals surface area contributed by atoms with Crippen LogP contribution in [0.25, 0.3) is 10.9 Å². The van der Waals surface area contributed by atoms with Crippen LogP contribution in [-0.4, -0.2) is 15.9 Å². The summed E-state index contributed by atoms with van der Waals surface area (Å²) < 4.78 is 14.0. The molecule has 0 aliphatic heterocycles. The van der Waals surface area contributed by atoms with E-state index >= 15 is 0 Å². The molecule has 1 N–H and O–H groups in total. The molecule has 3 rings (SSSR count). The van der Waals surface area contributed by atoms with Gasteiger partial charge < -0.3 is 5.32 Å². The average Bonchev–Trinajstić information content (AvgIpc) is 2.53. The molecule has 2 heterocycles. The van der Waals surface area contributed by atoms with Gasteiger partial charge in [-0.1, -0.05) is 11.6 Å². The van der Waals surface area contributed by atoms with Crippen LogP contribution in [0.1, 0.15) is 15.9 Å². The molecule has 3 aromatic rings. The lowest BCUT2D eigenvalue weighted by Gasteiger charge is -2.07. The summed E-state index contributed by atoms with van der Waals surface area (Å²) in [6, 6.07) is 7.97. The number of halogens is 2. The van der Waals surface area contributed by atoms with Crippen LogP contribution in [0.15, 0.2) is 48.9 Å². The number of fused-ring (bicyclic) bond motifs is 1. The Balaban J connectivity index is 1.81. The van der Waals surface area contributed by atoms with Gasteiger partial charge in [-0.15, -0.1) is 0 Å². The van der Waals surface area contributed by atoms with Crippen molar-refractivity contribution in [3.63, 3.8) is 0 Å². The Morgan fingerprint density at radius 3 is 2.77 bits per heavy atom. The predicted octanol–water partition coefficient (Wildman–Crippen LogP) is 3.35. The highest BCUT2D eigenvalue weighted by Gasteiger charge is 2.08. The van der Waals surface area contributed by atoms with Gasteiger partial charge in [0, 0.05) is 36.1 Å². The van der Waals surface area contributed by atoms with Crippen molar-refractivity contribution in [3.05, 3.63) is 70.9 Å². The van der Waals surface area contributed by atoms with Gasteiger partial charge in [0.05, 0.1) is 5.02 Å². The number of pyridine rings is 2. The van der Waals surface area contributed by atoms with E-state index in [0.717, 1.165) is 0 Å². The van der Waals surface area contributed by atoms with Crippen LogP contribution in [0.4, 0.5) is 4.39 Å². The molecule has 0 atom stereocenters. The van der Waals surface area contributed by atoms with Crippen molar-refractivity contribution in [3.8, 4) is 0 Å². The summed E-state index contributed by atoms with van der Waals surface area (Å²) in [7, 11) is 0. The van der Waals surface area contributed by atoms with E-state index in [2.05, 4.69) is 15.3 Å². The first-order valence-corrected chi connectivity index (χ1v) is 6.93. The Morgan fingerprint density at radius 1 is 1.23 bits per heavy atom. The van der Waals surface area contributed by atoms with Crippen LogP contribution < -0.4 is 5.32 Å². The van der Waals surface area contributed by atoms with Crippen molar-refractivity contribution in [1.82, 2.24) is 15.3 Å². The number of hydrogen-bond donors (Lipinski definition) is 1. The van der Waals surface area contributed by atoms with Crippen molar-refractivity contribution in [2.45, 2.75) is 6.54 Å². The fourth-order valence-corrected chi connectivity index (χ4v) is 2.29. The summed E-state index contributed by atoms with van der Waals surface area (Å²) in [5, 5.41) is 3.77. The molecule has 0 radical (unpaired) electrons. The molecule has 0 fully saturated rings. The van der Waals surface area contributed by atoms with Gasteiger partial charge in [-0.25, -0.2) is 4.39 Å². The minimum Gasteiger partial charge on any atom is -0.348 e. The molecule has 0 unspecified atom stereocenters. The van der Waals surface area contributed by atoms with E-state index in [1.165, 1.54) is 24.7 Å². The quantitative estimate of drug-likeness (QED) is 0.806. The molecule has 0 aliphatic carbocycles. The molecule has 2 aromatic heterocycles. The fourth-order valence-electron chi connectivity index (χ4n) is 2.13. The van der Waals surface area contributed by atoms with E-state index in [1.807, 2.05) is 0 Å². The highest BCUT2D eigenvalue weighted by Crippen LogP contribution is 2.21. The normalized spacial score (nSPS) is 10.6. The standard InChI is InChI=1S/C16H11ClFN3O/c17-13-7-12-5-10(6-14(18)15(12)20-9-13)8-21-16(22)11-1-3-19-4-2-11/h1-7,9H,8H2,(H,21,22). The number of carbonyl (C=O) groups excluding carboxylic acids is 1. The van der Waals surface area contributed by atoms with Crippen molar-refractivity contribution < 1.29 is 9.18 Å². The van der Waals surface area contributed by atoms with E-state index in [9.17, 15) is 9.18 Å². The number of aromatic nitrogens is 2. The van der Waals surface area contributed by atoms with Crippen LogP contribution in [0.5, 0.6) is 0 Å². The first-order valence-electron chi connectivity index (χ1n) is 6.55. The minimum absolute atomic E-state index is 0.209. The van der Waals surface area contributed by atoms with E-state index in [1.54, 1.807) is 24.3 Å². The molecular formula is C16H11ClFN3O. The molecule has 1 aromatic carbocycles. The van der Waals surface area contributed by atoms with E-state index in [4.69, 9.17) is 11.6 Å². The second kappa shape index (κ2) is 6.07. The van der Waals surface area contributed by atoms with Crippen molar-refractivity contribution in [2.75, 3.05) is 0 Å². The van der Waals surface area contributed by atoms with Crippen LogP contribution >= 0.6 is 11.6 Å². The molecule has 0 saturated carbocycles. The fraction of sp³-hybridized carbons (Fsp3) is 0.0625. The zero-order valence-electron chi connectivity index (χ0n) is 11.4.